The van der Waals surface area contributed by atoms with E-state index >= 15 is 0 Å². The van der Waals surface area contributed by atoms with Crippen molar-refractivity contribution in [2.24, 2.45) is 10.1 Å². The maximum atomic E-state index is 13.4. The molecule has 0 atom stereocenters. The Morgan fingerprint density at radius 1 is 1.17 bits per heavy atom. The SMILES string of the molecule is Cc1cc(C=C2C(=N)N3N=C(CC(=O)N4CCCCC4)SC3=NC2=O)c(C)n1-c1ccc(F)cc1. The van der Waals surface area contributed by atoms with E-state index < -0.39 is 5.91 Å². The lowest BCUT2D eigenvalue weighted by Gasteiger charge is -2.26. The number of rotatable bonds is 4. The average Bonchev–Trinajstić information content (AvgIpc) is 3.37. The monoisotopic (exact) mass is 492 g/mol. The van der Waals surface area contributed by atoms with Gasteiger partial charge in [-0.3, -0.25) is 15.0 Å². The van der Waals surface area contributed by atoms with Crippen LogP contribution in [0.3, 0.4) is 0 Å². The van der Waals surface area contributed by atoms with Crippen LogP contribution in [0.2, 0.25) is 0 Å². The van der Waals surface area contributed by atoms with E-state index in [1.165, 1.54) is 28.9 Å². The second-order valence-corrected chi connectivity index (χ2v) is 9.81. The summed E-state index contributed by atoms with van der Waals surface area (Å²) in [5, 5.41) is 15.2. The van der Waals surface area contributed by atoms with Gasteiger partial charge in [0.2, 0.25) is 11.1 Å². The van der Waals surface area contributed by atoms with E-state index in [0.29, 0.717) is 10.2 Å². The molecule has 10 heteroatoms. The number of benzene rings is 1. The Labute approximate surface area is 206 Å². The highest BCUT2D eigenvalue weighted by Crippen LogP contribution is 2.31. The number of nitrogens with zero attached hydrogens (tertiary/aromatic N) is 5. The molecule has 180 valence electrons. The topological polar surface area (TPSA) is 94.1 Å². The fourth-order valence-corrected chi connectivity index (χ4v) is 5.44. The van der Waals surface area contributed by atoms with Crippen LogP contribution in [0, 0.1) is 25.1 Å². The van der Waals surface area contributed by atoms with Crippen molar-refractivity contribution in [1.82, 2.24) is 14.5 Å². The number of hydrogen-bond acceptors (Lipinski definition) is 5. The highest BCUT2D eigenvalue weighted by molar-refractivity contribution is 8.27. The van der Waals surface area contributed by atoms with Crippen molar-refractivity contribution in [3.8, 4) is 5.69 Å². The lowest BCUT2D eigenvalue weighted by Crippen LogP contribution is -2.36. The lowest BCUT2D eigenvalue weighted by atomic mass is 10.1. The number of amides is 2. The molecule has 5 rings (SSSR count). The third-order valence-corrected chi connectivity index (χ3v) is 7.27. The van der Waals surface area contributed by atoms with Crippen molar-refractivity contribution in [3.63, 3.8) is 0 Å². The standard InChI is InChI=1S/C25H25FN6O2S/c1-15-12-17(16(2)31(15)19-8-6-18(26)7-9-19)13-20-23(27)32-25(28-24(20)34)35-21(29-32)14-22(33)30-10-4-3-5-11-30/h6-9,12-13,27H,3-5,10-11,14H2,1-2H3. The molecule has 2 amide bonds. The summed E-state index contributed by atoms with van der Waals surface area (Å²) < 4.78 is 15.3. The quantitative estimate of drug-likeness (QED) is 0.646. The number of hydrazone groups is 1. The molecule has 1 fully saturated rings. The maximum Gasteiger partial charge on any atom is 0.283 e. The normalized spacial score (nSPS) is 19.2. The zero-order valence-electron chi connectivity index (χ0n) is 19.5. The third kappa shape index (κ3) is 4.45. The summed E-state index contributed by atoms with van der Waals surface area (Å²) in [4.78, 5) is 31.5. The van der Waals surface area contributed by atoms with Crippen LogP contribution < -0.4 is 0 Å². The molecule has 35 heavy (non-hydrogen) atoms. The molecule has 2 aromatic rings. The van der Waals surface area contributed by atoms with E-state index in [2.05, 4.69) is 10.1 Å². The minimum absolute atomic E-state index is 0.0123. The number of hydrogen-bond donors (Lipinski definition) is 1. The van der Waals surface area contributed by atoms with Crippen LogP contribution in [0.15, 0.2) is 46.0 Å². The molecule has 0 radical (unpaired) electrons. The van der Waals surface area contributed by atoms with Gasteiger partial charge in [0.05, 0.1) is 12.0 Å². The van der Waals surface area contributed by atoms with Crippen LogP contribution in [-0.4, -0.2) is 55.4 Å². The number of amidine groups is 2. The Kier molecular flexibility index (Phi) is 6.14. The van der Waals surface area contributed by atoms with Crippen molar-refractivity contribution < 1.29 is 14.0 Å². The number of aromatic nitrogens is 1. The van der Waals surface area contributed by atoms with Gasteiger partial charge in [-0.05, 0) is 86.8 Å². The molecule has 3 aliphatic rings. The molecule has 1 saturated heterocycles. The van der Waals surface area contributed by atoms with Gasteiger partial charge in [0.1, 0.15) is 10.9 Å². The molecule has 1 N–H and O–H groups in total. The zero-order valence-corrected chi connectivity index (χ0v) is 20.4. The van der Waals surface area contributed by atoms with Gasteiger partial charge >= 0.3 is 0 Å². The predicted octanol–water partition coefficient (Wildman–Crippen LogP) is 4.26. The minimum Gasteiger partial charge on any atom is -0.342 e. The van der Waals surface area contributed by atoms with E-state index in [4.69, 9.17) is 5.41 Å². The van der Waals surface area contributed by atoms with E-state index in [0.717, 1.165) is 55.0 Å². The number of aryl methyl sites for hydroxylation is 1. The molecule has 0 spiro atoms. The van der Waals surface area contributed by atoms with E-state index in [1.54, 1.807) is 18.2 Å². The summed E-state index contributed by atoms with van der Waals surface area (Å²) >= 11 is 1.17. The number of halogens is 1. The fraction of sp³-hybridized carbons (Fsp3) is 0.320. The highest BCUT2D eigenvalue weighted by atomic mass is 32.2. The van der Waals surface area contributed by atoms with E-state index in [-0.39, 0.29) is 29.6 Å². The largest absolute Gasteiger partial charge is 0.342 e. The minimum atomic E-state index is -0.515. The van der Waals surface area contributed by atoms with E-state index in [9.17, 15) is 14.0 Å². The second kappa shape index (κ2) is 9.26. The summed E-state index contributed by atoms with van der Waals surface area (Å²) in [5.74, 6) is -0.883. The summed E-state index contributed by atoms with van der Waals surface area (Å²) in [6.45, 7) is 5.36. The maximum absolute atomic E-state index is 13.4. The number of thioether (sulfide) groups is 1. The molecular weight excluding hydrogens is 467 g/mol. The first kappa shape index (κ1) is 23.2. The van der Waals surface area contributed by atoms with Gasteiger partial charge in [-0.2, -0.15) is 15.1 Å². The molecule has 1 aromatic carbocycles. The molecule has 1 aromatic heterocycles. The molecule has 0 aliphatic carbocycles. The summed E-state index contributed by atoms with van der Waals surface area (Å²) in [5.41, 5.74) is 3.45. The molecule has 0 unspecified atom stereocenters. The first-order valence-corrected chi connectivity index (χ1v) is 12.4. The number of carbonyl (C=O) groups excluding carboxylic acids is 2. The van der Waals surface area contributed by atoms with Crippen LogP contribution in [0.5, 0.6) is 0 Å². The zero-order chi connectivity index (χ0) is 24.7. The van der Waals surface area contributed by atoms with Crippen molar-refractivity contribution in [2.45, 2.75) is 39.5 Å². The lowest BCUT2D eigenvalue weighted by molar-refractivity contribution is -0.130. The molecule has 0 bridgehead atoms. The van der Waals surface area contributed by atoms with Gasteiger partial charge in [-0.1, -0.05) is 0 Å². The summed E-state index contributed by atoms with van der Waals surface area (Å²) in [6.07, 6.45) is 4.95. The first-order chi connectivity index (χ1) is 16.8. The molecule has 8 nitrogen and oxygen atoms in total. The van der Waals surface area contributed by atoms with Gasteiger partial charge in [-0.25, -0.2) is 4.39 Å². The Hall–Kier alpha value is -3.53. The number of likely N-dealkylation sites (tertiary alicyclic amines) is 1. The van der Waals surface area contributed by atoms with Crippen molar-refractivity contribution in [1.29, 1.82) is 5.41 Å². The summed E-state index contributed by atoms with van der Waals surface area (Å²) in [6, 6.07) is 8.11. The number of piperidine rings is 1. The number of aliphatic imine (C=N–C) groups is 1. The molecule has 0 saturated carbocycles. The van der Waals surface area contributed by atoms with Crippen molar-refractivity contribution >= 4 is 45.7 Å². The van der Waals surface area contributed by atoms with Gasteiger partial charge in [0.15, 0.2) is 5.84 Å². The Bertz CT molecular complexity index is 1320. The Morgan fingerprint density at radius 3 is 2.60 bits per heavy atom. The molecular formula is C25H25FN6O2S. The van der Waals surface area contributed by atoms with Crippen LogP contribution in [0.4, 0.5) is 4.39 Å². The van der Waals surface area contributed by atoms with Crippen LogP contribution in [-0.2, 0) is 9.59 Å². The summed E-state index contributed by atoms with van der Waals surface area (Å²) in [7, 11) is 0. The van der Waals surface area contributed by atoms with Gasteiger partial charge in [0, 0.05) is 30.2 Å². The van der Waals surface area contributed by atoms with Crippen molar-refractivity contribution in [2.75, 3.05) is 13.1 Å². The molecule has 3 aliphatic heterocycles. The van der Waals surface area contributed by atoms with E-state index in [1.807, 2.05) is 29.4 Å². The number of fused-ring (bicyclic) bond motifs is 1. The second-order valence-electron chi connectivity index (χ2n) is 8.77. The highest BCUT2D eigenvalue weighted by Gasteiger charge is 2.36. The number of nitrogens with one attached hydrogen (secondary N) is 1. The third-order valence-electron chi connectivity index (χ3n) is 6.36. The van der Waals surface area contributed by atoms with Gasteiger partial charge < -0.3 is 9.47 Å². The number of carbonyl (C=O) groups is 2. The average molecular weight is 493 g/mol. The Morgan fingerprint density at radius 2 is 1.89 bits per heavy atom. The van der Waals surface area contributed by atoms with Crippen molar-refractivity contribution in [3.05, 3.63) is 58.7 Å². The first-order valence-electron chi connectivity index (χ1n) is 11.5. The smallest absolute Gasteiger partial charge is 0.283 e. The van der Waals surface area contributed by atoms with Gasteiger partial charge in [0.25, 0.3) is 5.91 Å². The predicted molar refractivity (Wildman–Crippen MR) is 135 cm³/mol. The molecule has 4 heterocycles. The Balaban J connectivity index is 1.39. The van der Waals surface area contributed by atoms with Crippen LogP contribution >= 0.6 is 11.8 Å². The van der Waals surface area contributed by atoms with Crippen LogP contribution in [0.25, 0.3) is 11.8 Å². The van der Waals surface area contributed by atoms with Crippen LogP contribution in [0.1, 0.15) is 42.6 Å². The van der Waals surface area contributed by atoms with Gasteiger partial charge in [-0.15, -0.1) is 0 Å². The fourth-order valence-electron chi connectivity index (χ4n) is 4.56.